The number of hydrogen-bond acceptors (Lipinski definition) is 4. The lowest BCUT2D eigenvalue weighted by molar-refractivity contribution is 0.0713. The van der Waals surface area contributed by atoms with E-state index in [1.165, 1.54) is 11.5 Å². The van der Waals surface area contributed by atoms with E-state index in [2.05, 4.69) is 4.37 Å². The molecule has 1 heterocycles. The molecule has 0 amide bonds. The molecule has 12 heavy (non-hydrogen) atoms. The van der Waals surface area contributed by atoms with Gasteiger partial charge >= 0.3 is 0 Å². The minimum absolute atomic E-state index is 0.0289. The van der Waals surface area contributed by atoms with Crippen LogP contribution in [0.2, 0.25) is 0 Å². The van der Waals surface area contributed by atoms with Crippen LogP contribution in [0.15, 0.2) is 6.07 Å². The van der Waals surface area contributed by atoms with E-state index in [-0.39, 0.29) is 6.10 Å². The van der Waals surface area contributed by atoms with Crippen molar-refractivity contribution in [1.82, 2.24) is 4.37 Å². The summed E-state index contributed by atoms with van der Waals surface area (Å²) >= 11 is 1.47. The average Bonchev–Trinajstić information content (AvgIpc) is 2.47. The smallest absolute Gasteiger partial charge is 0.105 e. The Kier molecular flexibility index (Phi) is 3.65. The number of rotatable bonds is 4. The molecule has 68 valence electrons. The highest BCUT2D eigenvalue weighted by Crippen LogP contribution is 2.20. The summed E-state index contributed by atoms with van der Waals surface area (Å²) in [5.41, 5.74) is 6.59. The van der Waals surface area contributed by atoms with Crippen molar-refractivity contribution in [2.75, 3.05) is 13.2 Å². The average molecular weight is 186 g/mol. The van der Waals surface area contributed by atoms with Crippen LogP contribution in [0.1, 0.15) is 23.6 Å². The fourth-order valence-corrected chi connectivity index (χ4v) is 1.81. The highest BCUT2D eigenvalue weighted by molar-refractivity contribution is 7.05. The maximum atomic E-state index is 5.55. The molecule has 0 saturated carbocycles. The summed E-state index contributed by atoms with van der Waals surface area (Å²) in [6, 6.07) is 2.03. The van der Waals surface area contributed by atoms with Crippen molar-refractivity contribution in [1.29, 1.82) is 0 Å². The van der Waals surface area contributed by atoms with Gasteiger partial charge in [0.2, 0.25) is 0 Å². The van der Waals surface area contributed by atoms with Crippen molar-refractivity contribution in [2.24, 2.45) is 5.73 Å². The van der Waals surface area contributed by atoms with Crippen molar-refractivity contribution in [3.8, 4) is 0 Å². The Hall–Kier alpha value is -0.450. The van der Waals surface area contributed by atoms with Crippen LogP contribution in [0.5, 0.6) is 0 Å². The van der Waals surface area contributed by atoms with E-state index in [0.29, 0.717) is 13.2 Å². The largest absolute Gasteiger partial charge is 0.372 e. The second-order valence-electron chi connectivity index (χ2n) is 2.55. The molecule has 1 atom stereocenters. The maximum absolute atomic E-state index is 5.55. The third-order valence-corrected chi connectivity index (χ3v) is 2.52. The molecule has 1 unspecified atom stereocenters. The van der Waals surface area contributed by atoms with E-state index in [0.717, 1.165) is 10.6 Å². The predicted octanol–water partition coefficient (Wildman–Crippen LogP) is 1.49. The Bertz CT molecular complexity index is 237. The Morgan fingerprint density at radius 3 is 2.92 bits per heavy atom. The van der Waals surface area contributed by atoms with Gasteiger partial charge in [-0.2, -0.15) is 4.37 Å². The molecule has 0 spiro atoms. The number of nitrogens with two attached hydrogens (primary N) is 1. The van der Waals surface area contributed by atoms with Crippen LogP contribution in [-0.2, 0) is 4.74 Å². The first-order valence-electron chi connectivity index (χ1n) is 4.02. The molecule has 2 N–H and O–H groups in total. The van der Waals surface area contributed by atoms with E-state index in [1.54, 1.807) is 0 Å². The number of hydrogen-bond donors (Lipinski definition) is 1. The molecule has 0 radical (unpaired) electrons. The molecule has 0 fully saturated rings. The molecular formula is C8H14N2OS. The minimum Gasteiger partial charge on any atom is -0.372 e. The van der Waals surface area contributed by atoms with Gasteiger partial charge < -0.3 is 10.5 Å². The Labute approximate surface area is 76.7 Å². The van der Waals surface area contributed by atoms with Gasteiger partial charge in [-0.25, -0.2) is 0 Å². The first-order valence-corrected chi connectivity index (χ1v) is 4.80. The van der Waals surface area contributed by atoms with Gasteiger partial charge in [0.25, 0.3) is 0 Å². The van der Waals surface area contributed by atoms with Crippen LogP contribution in [0, 0.1) is 6.92 Å². The molecule has 0 aliphatic heterocycles. The predicted molar refractivity (Wildman–Crippen MR) is 50.3 cm³/mol. The SMILES string of the molecule is CCOC(CN)c1cc(C)ns1. The third-order valence-electron chi connectivity index (χ3n) is 1.55. The molecule has 0 aliphatic carbocycles. The van der Waals surface area contributed by atoms with Crippen LogP contribution in [0.3, 0.4) is 0 Å². The summed E-state index contributed by atoms with van der Waals surface area (Å²) in [6.45, 7) is 5.16. The van der Waals surface area contributed by atoms with Gasteiger partial charge in [-0.1, -0.05) is 0 Å². The summed E-state index contributed by atoms with van der Waals surface area (Å²) in [5, 5.41) is 0. The standard InChI is InChI=1S/C8H14N2OS/c1-3-11-7(5-9)8-4-6(2)10-12-8/h4,7H,3,5,9H2,1-2H3. The first kappa shape index (κ1) is 9.64. The Balaban J connectivity index is 2.66. The summed E-state index contributed by atoms with van der Waals surface area (Å²) < 4.78 is 9.61. The molecule has 1 aromatic heterocycles. The maximum Gasteiger partial charge on any atom is 0.105 e. The Morgan fingerprint density at radius 1 is 1.75 bits per heavy atom. The number of ether oxygens (including phenoxy) is 1. The second-order valence-corrected chi connectivity index (χ2v) is 3.39. The lowest BCUT2D eigenvalue weighted by Crippen LogP contribution is -2.14. The van der Waals surface area contributed by atoms with Crippen molar-refractivity contribution < 1.29 is 4.74 Å². The van der Waals surface area contributed by atoms with Gasteiger partial charge in [0.05, 0.1) is 10.6 Å². The molecule has 0 saturated heterocycles. The van der Waals surface area contributed by atoms with E-state index < -0.39 is 0 Å². The molecular weight excluding hydrogens is 172 g/mol. The van der Waals surface area contributed by atoms with Gasteiger partial charge in [-0.3, -0.25) is 0 Å². The van der Waals surface area contributed by atoms with Crippen molar-refractivity contribution in [3.63, 3.8) is 0 Å². The third kappa shape index (κ3) is 2.27. The van der Waals surface area contributed by atoms with Crippen molar-refractivity contribution in [2.45, 2.75) is 20.0 Å². The van der Waals surface area contributed by atoms with E-state index in [4.69, 9.17) is 10.5 Å². The quantitative estimate of drug-likeness (QED) is 0.775. The van der Waals surface area contributed by atoms with Crippen LogP contribution in [0.25, 0.3) is 0 Å². The normalized spacial score (nSPS) is 13.2. The van der Waals surface area contributed by atoms with Crippen LogP contribution in [-0.4, -0.2) is 17.5 Å². The topological polar surface area (TPSA) is 48.1 Å². The van der Waals surface area contributed by atoms with Crippen molar-refractivity contribution >= 4 is 11.5 Å². The van der Waals surface area contributed by atoms with Crippen LogP contribution in [0.4, 0.5) is 0 Å². The molecule has 3 nitrogen and oxygen atoms in total. The summed E-state index contributed by atoms with van der Waals surface area (Å²) in [5.74, 6) is 0. The number of nitrogens with zero attached hydrogens (tertiary/aromatic N) is 1. The summed E-state index contributed by atoms with van der Waals surface area (Å²) in [4.78, 5) is 1.12. The minimum atomic E-state index is 0.0289. The van der Waals surface area contributed by atoms with Gasteiger partial charge in [0.15, 0.2) is 0 Å². The van der Waals surface area contributed by atoms with Crippen molar-refractivity contribution in [3.05, 3.63) is 16.6 Å². The zero-order valence-electron chi connectivity index (χ0n) is 7.41. The fraction of sp³-hybridized carbons (Fsp3) is 0.625. The van der Waals surface area contributed by atoms with E-state index in [9.17, 15) is 0 Å². The molecule has 1 aromatic rings. The highest BCUT2D eigenvalue weighted by Gasteiger charge is 2.11. The summed E-state index contributed by atoms with van der Waals surface area (Å²) in [7, 11) is 0. The fourth-order valence-electron chi connectivity index (χ4n) is 1.00. The van der Waals surface area contributed by atoms with Gasteiger partial charge in [-0.05, 0) is 31.4 Å². The number of aryl methyl sites for hydroxylation is 1. The van der Waals surface area contributed by atoms with Gasteiger partial charge in [0.1, 0.15) is 6.10 Å². The number of aromatic nitrogens is 1. The monoisotopic (exact) mass is 186 g/mol. The summed E-state index contributed by atoms with van der Waals surface area (Å²) in [6.07, 6.45) is 0.0289. The molecule has 0 aliphatic rings. The zero-order chi connectivity index (χ0) is 8.97. The molecule has 0 aromatic carbocycles. The van der Waals surface area contributed by atoms with Gasteiger partial charge in [-0.15, -0.1) is 0 Å². The van der Waals surface area contributed by atoms with Gasteiger partial charge in [0, 0.05) is 13.2 Å². The lowest BCUT2D eigenvalue weighted by Gasteiger charge is -2.11. The van der Waals surface area contributed by atoms with Crippen LogP contribution >= 0.6 is 11.5 Å². The van der Waals surface area contributed by atoms with E-state index >= 15 is 0 Å². The van der Waals surface area contributed by atoms with E-state index in [1.807, 2.05) is 19.9 Å². The molecule has 4 heteroatoms. The Morgan fingerprint density at radius 2 is 2.50 bits per heavy atom. The molecule has 0 bridgehead atoms. The van der Waals surface area contributed by atoms with Crippen LogP contribution < -0.4 is 5.73 Å². The lowest BCUT2D eigenvalue weighted by atomic mass is 10.3. The molecule has 1 rings (SSSR count). The highest BCUT2D eigenvalue weighted by atomic mass is 32.1. The zero-order valence-corrected chi connectivity index (χ0v) is 8.23. The second kappa shape index (κ2) is 4.54. The first-order chi connectivity index (χ1) is 5.77.